The average Bonchev–Trinajstić information content (AvgIpc) is 3.46. The van der Waals surface area contributed by atoms with Crippen LogP contribution in [0.2, 0.25) is 0 Å². The van der Waals surface area contributed by atoms with Gasteiger partial charge in [0.25, 0.3) is 0 Å². The normalized spacial score (nSPS) is 13.2. The first-order chi connectivity index (χ1) is 44.6. The molecule has 0 aliphatic carbocycles. The van der Waals surface area contributed by atoms with Crippen LogP contribution < -0.4 is 5.11 Å². The van der Waals surface area contributed by atoms with Gasteiger partial charge in [-0.15, -0.1) is 0 Å². The number of aliphatic carboxylic acids is 1. The van der Waals surface area contributed by atoms with E-state index in [2.05, 4.69) is 111 Å². The predicted molar refractivity (Wildman–Crippen MR) is 389 cm³/mol. The summed E-state index contributed by atoms with van der Waals surface area (Å²) in [7, 11) is 5.94. The van der Waals surface area contributed by atoms with Gasteiger partial charge in [0.05, 0.1) is 40.3 Å². The van der Waals surface area contributed by atoms with Crippen LogP contribution in [0.25, 0.3) is 0 Å². The van der Waals surface area contributed by atoms with Crippen LogP contribution in [0.15, 0.2) is 97.2 Å². The summed E-state index contributed by atoms with van der Waals surface area (Å²) >= 11 is 0. The van der Waals surface area contributed by atoms with Crippen LogP contribution >= 0.6 is 0 Å². The van der Waals surface area contributed by atoms with E-state index in [0.717, 1.165) is 83.5 Å². The Hall–Kier alpha value is -3.79. The number of hydrogen-bond donors (Lipinski definition) is 0. The van der Waals surface area contributed by atoms with Gasteiger partial charge in [-0.1, -0.05) is 336 Å². The number of carboxylic acid groups (broad SMARTS) is 1. The summed E-state index contributed by atoms with van der Waals surface area (Å²) in [5.41, 5.74) is 0. The molecule has 0 radical (unpaired) electrons. The Bertz CT molecular complexity index is 1820. The third-order valence-corrected chi connectivity index (χ3v) is 16.8. The van der Waals surface area contributed by atoms with Gasteiger partial charge in [-0.3, -0.25) is 9.59 Å². The highest BCUT2D eigenvalue weighted by molar-refractivity contribution is 5.70. The molecule has 9 heteroatoms. The van der Waals surface area contributed by atoms with Gasteiger partial charge in [-0.25, -0.2) is 0 Å². The maximum Gasteiger partial charge on any atom is 0.306 e. The van der Waals surface area contributed by atoms with E-state index in [1.807, 2.05) is 21.1 Å². The molecule has 2 unspecified atom stereocenters. The number of hydrogen-bond acceptors (Lipinski definition) is 8. The Morgan fingerprint density at radius 2 is 0.626 bits per heavy atom. The maximum absolute atomic E-state index is 13.0. The molecular formula is C82H145NO8. The quantitative estimate of drug-likeness (QED) is 0.0195. The van der Waals surface area contributed by atoms with Crippen molar-refractivity contribution in [1.82, 2.24) is 0 Å². The molecule has 0 N–H and O–H groups in total. The lowest BCUT2D eigenvalue weighted by molar-refractivity contribution is -0.870. The summed E-state index contributed by atoms with van der Waals surface area (Å²) in [6, 6.07) is 0. The third-order valence-electron chi connectivity index (χ3n) is 16.8. The minimum Gasteiger partial charge on any atom is -0.545 e. The largest absolute Gasteiger partial charge is 0.545 e. The highest BCUT2D eigenvalue weighted by Gasteiger charge is 2.22. The van der Waals surface area contributed by atoms with E-state index < -0.39 is 24.3 Å². The smallest absolute Gasteiger partial charge is 0.306 e. The van der Waals surface area contributed by atoms with Gasteiger partial charge in [0.15, 0.2) is 12.4 Å². The van der Waals surface area contributed by atoms with Gasteiger partial charge in [-0.2, -0.15) is 0 Å². The number of quaternary nitrogens is 1. The molecule has 0 aromatic rings. The van der Waals surface area contributed by atoms with Crippen molar-refractivity contribution in [2.45, 2.75) is 360 Å². The van der Waals surface area contributed by atoms with Crippen molar-refractivity contribution >= 4 is 17.9 Å². The Balaban J connectivity index is 4.06. The second-order valence-corrected chi connectivity index (χ2v) is 26.9. The lowest BCUT2D eigenvalue weighted by atomic mass is 10.0. The van der Waals surface area contributed by atoms with E-state index >= 15 is 0 Å². The van der Waals surface area contributed by atoms with Crippen molar-refractivity contribution in [3.05, 3.63) is 97.2 Å². The van der Waals surface area contributed by atoms with Crippen LogP contribution in [-0.2, 0) is 33.3 Å². The zero-order valence-corrected chi connectivity index (χ0v) is 60.2. The van der Waals surface area contributed by atoms with Gasteiger partial charge >= 0.3 is 11.9 Å². The van der Waals surface area contributed by atoms with Crippen LogP contribution in [0.1, 0.15) is 348 Å². The summed E-state index contributed by atoms with van der Waals surface area (Å²) in [5, 5.41) is 11.9. The molecule has 0 aromatic carbocycles. The number of esters is 2. The molecule has 9 nitrogen and oxygen atoms in total. The van der Waals surface area contributed by atoms with E-state index in [1.165, 1.54) is 231 Å². The Morgan fingerprint density at radius 1 is 0.341 bits per heavy atom. The van der Waals surface area contributed by atoms with Gasteiger partial charge in [0.2, 0.25) is 0 Å². The van der Waals surface area contributed by atoms with Gasteiger partial charge in [-0.05, 0) is 96.3 Å². The molecule has 0 heterocycles. The molecule has 91 heavy (non-hydrogen) atoms. The van der Waals surface area contributed by atoms with Crippen LogP contribution in [0, 0.1) is 0 Å². The second kappa shape index (κ2) is 72.0. The predicted octanol–water partition coefficient (Wildman–Crippen LogP) is 23.0. The molecular weight excluding hydrogens is 1130 g/mol. The highest BCUT2D eigenvalue weighted by atomic mass is 16.7. The Kier molecular flexibility index (Phi) is 69.0. The molecule has 0 aliphatic heterocycles. The molecule has 0 bridgehead atoms. The van der Waals surface area contributed by atoms with Crippen molar-refractivity contribution in [3.63, 3.8) is 0 Å². The number of rotatable bonds is 71. The SMILES string of the molecule is CC/C=C\C/C=C\C/C=C\C/C=C\C/C=C\C/C=C\C/C=C\CCCCCCCCCCCCCCCC(=O)OC(COC(=O)CCCCCCCCCCCCCCCCCCCCC/C=C\CCCCCCCCCC)COC(OCC[N+](C)(C)C)C(=O)[O-]. The number of carbonyl (C=O) groups is 3. The first-order valence-electron chi connectivity index (χ1n) is 38.4. The summed E-state index contributed by atoms with van der Waals surface area (Å²) in [6.07, 6.45) is 96.5. The molecule has 0 saturated heterocycles. The van der Waals surface area contributed by atoms with Crippen LogP contribution in [0.5, 0.6) is 0 Å². The molecule has 0 fully saturated rings. The molecule has 0 aliphatic rings. The fourth-order valence-corrected chi connectivity index (χ4v) is 11.0. The lowest BCUT2D eigenvalue weighted by Crippen LogP contribution is -2.44. The van der Waals surface area contributed by atoms with Crippen molar-refractivity contribution in [2.75, 3.05) is 47.5 Å². The highest BCUT2D eigenvalue weighted by Crippen LogP contribution is 2.18. The summed E-state index contributed by atoms with van der Waals surface area (Å²) in [6.45, 7) is 4.68. The van der Waals surface area contributed by atoms with Crippen molar-refractivity contribution in [1.29, 1.82) is 0 Å². The summed E-state index contributed by atoms with van der Waals surface area (Å²) in [4.78, 5) is 37.6. The number of ether oxygens (including phenoxy) is 4. The first-order valence-corrected chi connectivity index (χ1v) is 38.4. The van der Waals surface area contributed by atoms with Crippen molar-refractivity contribution in [2.24, 2.45) is 0 Å². The van der Waals surface area contributed by atoms with Crippen LogP contribution in [0.3, 0.4) is 0 Å². The van der Waals surface area contributed by atoms with Gasteiger partial charge in [0, 0.05) is 12.8 Å². The lowest BCUT2D eigenvalue weighted by Gasteiger charge is -2.26. The zero-order valence-electron chi connectivity index (χ0n) is 60.2. The van der Waals surface area contributed by atoms with E-state index in [4.69, 9.17) is 18.9 Å². The number of nitrogens with zero attached hydrogens (tertiary/aromatic N) is 1. The fourth-order valence-electron chi connectivity index (χ4n) is 11.0. The molecule has 2 atom stereocenters. The van der Waals surface area contributed by atoms with E-state index in [1.54, 1.807) is 0 Å². The molecule has 0 aromatic heterocycles. The van der Waals surface area contributed by atoms with E-state index in [0.29, 0.717) is 23.9 Å². The van der Waals surface area contributed by atoms with E-state index in [9.17, 15) is 19.5 Å². The molecule has 0 saturated carbocycles. The first kappa shape index (κ1) is 87.2. The minimum atomic E-state index is -1.63. The number of carbonyl (C=O) groups excluding carboxylic acids is 3. The number of unbranched alkanes of at least 4 members (excludes halogenated alkanes) is 40. The standard InChI is InChI=1S/C82H145NO8/c1-6-8-10-12-14-16-18-20-22-24-26-28-30-32-34-36-38-39-40-41-43-45-47-49-51-53-55-57-59-61-63-65-67-69-71-73-80(85)91-78(77-90-82(81(86)87)88-75-74-83(3,4)5)76-89-79(84)72-70-68-66-64-62-60-58-56-54-52-50-48-46-44-42-37-35-33-31-29-27-25-23-21-19-17-15-13-11-9-7-2/h8,10,14,16,20,22,25-28,32,34,38-39,41,43,78,82H,6-7,9,11-13,15,17-19,21,23-24,29-31,33,35-37,40,42,44-77H2,1-5H3/b10-8-,16-14-,22-20-,27-25-,28-26-,34-32-,39-38-,43-41-. The average molecular weight is 1270 g/mol. The Morgan fingerprint density at radius 3 is 0.945 bits per heavy atom. The fraction of sp³-hybridized carbons (Fsp3) is 0.768. The summed E-state index contributed by atoms with van der Waals surface area (Å²) in [5.74, 6) is -2.27. The van der Waals surface area contributed by atoms with Crippen molar-refractivity contribution in [3.8, 4) is 0 Å². The van der Waals surface area contributed by atoms with Crippen molar-refractivity contribution < 1.29 is 42.9 Å². The van der Waals surface area contributed by atoms with Gasteiger partial charge < -0.3 is 33.3 Å². The third kappa shape index (κ3) is 73.5. The summed E-state index contributed by atoms with van der Waals surface area (Å²) < 4.78 is 22.9. The van der Waals surface area contributed by atoms with Crippen LogP contribution in [-0.4, -0.2) is 82.3 Å². The monoisotopic (exact) mass is 1270 g/mol. The number of carboxylic acids is 1. The molecule has 0 rings (SSSR count). The van der Waals surface area contributed by atoms with E-state index in [-0.39, 0.29) is 32.2 Å². The number of likely N-dealkylation sites (N-methyl/N-ethyl adjacent to an activating group) is 1. The maximum atomic E-state index is 13.0. The van der Waals surface area contributed by atoms with Crippen LogP contribution in [0.4, 0.5) is 0 Å². The topological polar surface area (TPSA) is 111 Å². The molecule has 0 amide bonds. The molecule has 0 spiro atoms. The zero-order chi connectivity index (χ0) is 66.1. The minimum absolute atomic E-state index is 0.146. The van der Waals surface area contributed by atoms with Gasteiger partial charge in [0.1, 0.15) is 13.2 Å². The number of allylic oxidation sites excluding steroid dienone is 16. The Labute approximate surface area is 562 Å². The molecule has 526 valence electrons. The second-order valence-electron chi connectivity index (χ2n) is 26.9.